The quantitative estimate of drug-likeness (QED) is 0.257. The van der Waals surface area contributed by atoms with Crippen LogP contribution in [0.25, 0.3) is 17.2 Å². The first-order chi connectivity index (χ1) is 15.0. The highest BCUT2D eigenvalue weighted by Crippen LogP contribution is 2.29. The number of carbonyl (C=O) groups is 1. The standard InChI is InChI=1S/C24H21N3O4/c1-29-23-12-19(17-4-7-22(8-5-17)31-15-25)3-2-18(23)6-9-24(28)30-14-16-10-20(26)13-21(27)11-16/h2-13H,14,26-27H2,1H3/b9-6+. The van der Waals surface area contributed by atoms with Crippen molar-refractivity contribution in [2.45, 2.75) is 6.61 Å². The maximum absolute atomic E-state index is 12.1. The van der Waals surface area contributed by atoms with Gasteiger partial charge < -0.3 is 25.7 Å². The number of ether oxygens (including phenoxy) is 3. The van der Waals surface area contributed by atoms with Crippen LogP contribution in [-0.2, 0) is 16.1 Å². The van der Waals surface area contributed by atoms with Gasteiger partial charge in [-0.05, 0) is 59.2 Å². The molecule has 0 fully saturated rings. The van der Waals surface area contributed by atoms with Gasteiger partial charge in [0.1, 0.15) is 18.1 Å². The Balaban J connectivity index is 1.68. The van der Waals surface area contributed by atoms with Crippen molar-refractivity contribution in [3.63, 3.8) is 0 Å². The van der Waals surface area contributed by atoms with E-state index in [1.54, 1.807) is 49.8 Å². The van der Waals surface area contributed by atoms with Gasteiger partial charge in [-0.1, -0.05) is 24.3 Å². The lowest BCUT2D eigenvalue weighted by molar-refractivity contribution is -0.138. The van der Waals surface area contributed by atoms with Gasteiger partial charge in [-0.2, -0.15) is 0 Å². The van der Waals surface area contributed by atoms with Gasteiger partial charge in [0.2, 0.25) is 0 Å². The fourth-order valence-electron chi connectivity index (χ4n) is 2.99. The van der Waals surface area contributed by atoms with E-state index < -0.39 is 5.97 Å². The molecule has 0 amide bonds. The van der Waals surface area contributed by atoms with Crippen molar-refractivity contribution in [3.8, 4) is 28.9 Å². The van der Waals surface area contributed by atoms with E-state index in [4.69, 9.17) is 30.9 Å². The molecule has 3 aromatic rings. The van der Waals surface area contributed by atoms with Crippen LogP contribution in [-0.4, -0.2) is 13.1 Å². The topological polar surface area (TPSA) is 121 Å². The number of methoxy groups -OCH3 is 1. The molecule has 0 unspecified atom stereocenters. The number of nitrogens with two attached hydrogens (primary N) is 2. The molecule has 4 N–H and O–H groups in total. The van der Waals surface area contributed by atoms with E-state index in [-0.39, 0.29) is 6.61 Å². The van der Waals surface area contributed by atoms with Crippen molar-refractivity contribution in [2.24, 2.45) is 0 Å². The molecule has 3 rings (SSSR count). The van der Waals surface area contributed by atoms with Crippen molar-refractivity contribution in [1.82, 2.24) is 0 Å². The molecule has 0 heterocycles. The van der Waals surface area contributed by atoms with Gasteiger partial charge in [0, 0.05) is 23.0 Å². The normalized spacial score (nSPS) is 10.5. The molecule has 0 aliphatic rings. The maximum atomic E-state index is 12.1. The van der Waals surface area contributed by atoms with Crippen LogP contribution in [0.5, 0.6) is 11.5 Å². The van der Waals surface area contributed by atoms with E-state index >= 15 is 0 Å². The first-order valence-electron chi connectivity index (χ1n) is 9.32. The van der Waals surface area contributed by atoms with Crippen molar-refractivity contribution >= 4 is 23.4 Å². The first-order valence-corrected chi connectivity index (χ1v) is 9.32. The van der Waals surface area contributed by atoms with E-state index in [2.05, 4.69) is 0 Å². The Morgan fingerprint density at radius 3 is 2.32 bits per heavy atom. The van der Waals surface area contributed by atoms with Crippen molar-refractivity contribution in [2.75, 3.05) is 18.6 Å². The van der Waals surface area contributed by atoms with Crippen molar-refractivity contribution < 1.29 is 19.0 Å². The van der Waals surface area contributed by atoms with Gasteiger partial charge in [0.15, 0.2) is 0 Å². The molecule has 0 saturated heterocycles. The number of hydrogen-bond acceptors (Lipinski definition) is 7. The molecule has 0 atom stereocenters. The number of carbonyl (C=O) groups excluding carboxylic acids is 1. The van der Waals surface area contributed by atoms with Crippen LogP contribution in [0.2, 0.25) is 0 Å². The Morgan fingerprint density at radius 1 is 1.00 bits per heavy atom. The molecule has 7 heteroatoms. The average Bonchev–Trinajstić information content (AvgIpc) is 2.76. The summed E-state index contributed by atoms with van der Waals surface area (Å²) in [5, 5.41) is 8.57. The van der Waals surface area contributed by atoms with Gasteiger partial charge in [-0.15, -0.1) is 5.26 Å². The smallest absolute Gasteiger partial charge is 0.331 e. The molecule has 7 nitrogen and oxygen atoms in total. The maximum Gasteiger partial charge on any atom is 0.331 e. The molecule has 0 saturated carbocycles. The minimum absolute atomic E-state index is 0.0694. The number of nitrogens with zero attached hydrogens (tertiary/aromatic N) is 1. The summed E-state index contributed by atoms with van der Waals surface area (Å²) in [6.45, 7) is 0.0694. The zero-order chi connectivity index (χ0) is 22.2. The van der Waals surface area contributed by atoms with Gasteiger partial charge in [-0.25, -0.2) is 4.79 Å². The van der Waals surface area contributed by atoms with Gasteiger partial charge in [0.25, 0.3) is 6.26 Å². The van der Waals surface area contributed by atoms with Crippen LogP contribution >= 0.6 is 0 Å². The van der Waals surface area contributed by atoms with E-state index in [1.165, 1.54) is 6.08 Å². The van der Waals surface area contributed by atoms with Gasteiger partial charge >= 0.3 is 5.97 Å². The first kappa shape index (κ1) is 21.3. The summed E-state index contributed by atoms with van der Waals surface area (Å²) in [7, 11) is 1.56. The van der Waals surface area contributed by atoms with E-state index in [0.717, 1.165) is 16.7 Å². The number of benzene rings is 3. The summed E-state index contributed by atoms with van der Waals surface area (Å²) in [4.78, 5) is 12.1. The zero-order valence-electron chi connectivity index (χ0n) is 16.9. The van der Waals surface area contributed by atoms with Crippen LogP contribution in [0, 0.1) is 11.5 Å². The molecule has 0 aliphatic carbocycles. The highest BCUT2D eigenvalue weighted by molar-refractivity contribution is 5.88. The number of esters is 1. The SMILES string of the molecule is COc1cc(-c2ccc(OC#N)cc2)ccc1/C=C/C(=O)OCc1cc(N)cc(N)c1. The summed E-state index contributed by atoms with van der Waals surface area (Å²) >= 11 is 0. The Hall–Kier alpha value is -4.44. The molecule has 0 spiro atoms. The largest absolute Gasteiger partial charge is 0.496 e. The summed E-state index contributed by atoms with van der Waals surface area (Å²) in [6, 6.07) is 17.8. The van der Waals surface area contributed by atoms with Crippen LogP contribution in [0.15, 0.2) is 66.7 Å². The number of nitriles is 1. The predicted octanol–water partition coefficient (Wildman–Crippen LogP) is 4.14. The third-order valence-electron chi connectivity index (χ3n) is 4.40. The lowest BCUT2D eigenvalue weighted by Crippen LogP contribution is -2.02. The van der Waals surface area contributed by atoms with E-state index in [9.17, 15) is 4.79 Å². The summed E-state index contributed by atoms with van der Waals surface area (Å²) in [5.41, 5.74) is 15.8. The molecule has 156 valence electrons. The monoisotopic (exact) mass is 415 g/mol. The second-order valence-electron chi connectivity index (χ2n) is 6.62. The number of nitrogen functional groups attached to an aromatic ring is 2. The third kappa shape index (κ3) is 5.78. The fraction of sp³-hybridized carbons (Fsp3) is 0.0833. The predicted molar refractivity (Wildman–Crippen MR) is 119 cm³/mol. The Bertz CT molecular complexity index is 1130. The molecular formula is C24H21N3O4. The number of hydrogen-bond donors (Lipinski definition) is 2. The van der Waals surface area contributed by atoms with E-state index in [0.29, 0.717) is 28.4 Å². The van der Waals surface area contributed by atoms with E-state index in [1.807, 2.05) is 30.3 Å². The Labute approximate surface area is 180 Å². The summed E-state index contributed by atoms with van der Waals surface area (Å²) in [6.07, 6.45) is 4.60. The summed E-state index contributed by atoms with van der Waals surface area (Å²) < 4.78 is 15.5. The van der Waals surface area contributed by atoms with Crippen molar-refractivity contribution in [3.05, 3.63) is 77.9 Å². The molecule has 0 radical (unpaired) electrons. The number of rotatable bonds is 7. The molecule has 3 aromatic carbocycles. The van der Waals surface area contributed by atoms with Crippen LogP contribution < -0.4 is 20.9 Å². The van der Waals surface area contributed by atoms with Crippen LogP contribution in [0.1, 0.15) is 11.1 Å². The third-order valence-corrected chi connectivity index (χ3v) is 4.40. The van der Waals surface area contributed by atoms with Crippen molar-refractivity contribution in [1.29, 1.82) is 5.26 Å². The lowest BCUT2D eigenvalue weighted by atomic mass is 10.0. The highest BCUT2D eigenvalue weighted by Gasteiger charge is 2.06. The minimum atomic E-state index is -0.500. The second kappa shape index (κ2) is 9.85. The zero-order valence-corrected chi connectivity index (χ0v) is 16.9. The van der Waals surface area contributed by atoms with Crippen LogP contribution in [0.4, 0.5) is 11.4 Å². The van der Waals surface area contributed by atoms with Gasteiger partial charge in [0.05, 0.1) is 7.11 Å². The summed E-state index contributed by atoms with van der Waals surface area (Å²) in [5.74, 6) is 0.569. The lowest BCUT2D eigenvalue weighted by Gasteiger charge is -2.09. The fourth-order valence-corrected chi connectivity index (χ4v) is 2.99. The molecule has 0 aromatic heterocycles. The molecular weight excluding hydrogens is 394 g/mol. The molecule has 31 heavy (non-hydrogen) atoms. The highest BCUT2D eigenvalue weighted by atomic mass is 16.5. The Morgan fingerprint density at radius 2 is 1.68 bits per heavy atom. The number of anilines is 2. The van der Waals surface area contributed by atoms with Crippen LogP contribution in [0.3, 0.4) is 0 Å². The second-order valence-corrected chi connectivity index (χ2v) is 6.62. The molecule has 0 bridgehead atoms. The average molecular weight is 415 g/mol. The molecule has 0 aliphatic heterocycles. The minimum Gasteiger partial charge on any atom is -0.496 e. The van der Waals surface area contributed by atoms with Gasteiger partial charge in [-0.3, -0.25) is 0 Å². The Kier molecular flexibility index (Phi) is 6.76.